The molecule has 3 nitrogen and oxygen atoms in total. The van der Waals surface area contributed by atoms with E-state index in [1.165, 1.54) is 6.07 Å². The first kappa shape index (κ1) is 15.5. The summed E-state index contributed by atoms with van der Waals surface area (Å²) < 4.78 is 14.4. The average Bonchev–Trinajstić information content (AvgIpc) is 2.46. The standard InChI is InChI=1S/C16H16BrFN2O/c17-13-5-3-6-14(10-13)19-9-8-16(21)20-11-12-4-1-2-7-15(12)18/h1-7,10,19H,8-9,11H2,(H,20,21). The van der Waals surface area contributed by atoms with E-state index >= 15 is 0 Å². The van der Waals surface area contributed by atoms with Gasteiger partial charge < -0.3 is 10.6 Å². The monoisotopic (exact) mass is 350 g/mol. The van der Waals surface area contributed by atoms with Crippen LogP contribution in [0.4, 0.5) is 10.1 Å². The first-order chi connectivity index (χ1) is 10.1. The maximum absolute atomic E-state index is 13.4. The fourth-order valence-electron chi connectivity index (χ4n) is 1.84. The van der Waals surface area contributed by atoms with Gasteiger partial charge in [-0.15, -0.1) is 0 Å². The molecule has 2 aromatic rings. The molecule has 0 atom stereocenters. The van der Waals surface area contributed by atoms with E-state index in [0.717, 1.165) is 10.2 Å². The molecule has 2 N–H and O–H groups in total. The van der Waals surface area contributed by atoms with Gasteiger partial charge in [0.25, 0.3) is 0 Å². The number of carbonyl (C=O) groups is 1. The van der Waals surface area contributed by atoms with Crippen LogP contribution in [0.1, 0.15) is 12.0 Å². The van der Waals surface area contributed by atoms with Crippen LogP contribution in [0.5, 0.6) is 0 Å². The van der Waals surface area contributed by atoms with E-state index in [9.17, 15) is 9.18 Å². The lowest BCUT2D eigenvalue weighted by Crippen LogP contribution is -2.25. The summed E-state index contributed by atoms with van der Waals surface area (Å²) in [6, 6.07) is 14.2. The molecule has 0 aliphatic carbocycles. The zero-order valence-electron chi connectivity index (χ0n) is 11.4. The van der Waals surface area contributed by atoms with Gasteiger partial charge >= 0.3 is 0 Å². The lowest BCUT2D eigenvalue weighted by atomic mass is 10.2. The number of benzene rings is 2. The Morgan fingerprint density at radius 3 is 2.71 bits per heavy atom. The number of rotatable bonds is 6. The summed E-state index contributed by atoms with van der Waals surface area (Å²) in [5.41, 5.74) is 1.44. The summed E-state index contributed by atoms with van der Waals surface area (Å²) in [5, 5.41) is 5.87. The van der Waals surface area contributed by atoms with Crippen LogP contribution < -0.4 is 10.6 Å². The molecular formula is C16H16BrFN2O. The molecule has 5 heteroatoms. The fraction of sp³-hybridized carbons (Fsp3) is 0.188. The maximum Gasteiger partial charge on any atom is 0.222 e. The Balaban J connectivity index is 1.72. The molecule has 0 fully saturated rings. The SMILES string of the molecule is O=C(CCNc1cccc(Br)c1)NCc1ccccc1F. The summed E-state index contributed by atoms with van der Waals surface area (Å²) >= 11 is 3.39. The molecule has 0 saturated carbocycles. The highest BCUT2D eigenvalue weighted by Gasteiger charge is 2.04. The predicted molar refractivity (Wildman–Crippen MR) is 85.5 cm³/mol. The van der Waals surface area contributed by atoms with Crippen molar-refractivity contribution in [1.29, 1.82) is 0 Å². The van der Waals surface area contributed by atoms with Crippen LogP contribution in [-0.4, -0.2) is 12.5 Å². The van der Waals surface area contributed by atoms with Crippen LogP contribution in [0.25, 0.3) is 0 Å². The number of halogens is 2. The van der Waals surface area contributed by atoms with Crippen molar-refractivity contribution in [2.75, 3.05) is 11.9 Å². The van der Waals surface area contributed by atoms with E-state index in [4.69, 9.17) is 0 Å². The Bertz CT molecular complexity index is 619. The van der Waals surface area contributed by atoms with Gasteiger partial charge in [-0.25, -0.2) is 4.39 Å². The lowest BCUT2D eigenvalue weighted by molar-refractivity contribution is -0.121. The highest BCUT2D eigenvalue weighted by molar-refractivity contribution is 9.10. The van der Waals surface area contributed by atoms with E-state index < -0.39 is 0 Å². The zero-order chi connectivity index (χ0) is 15.1. The largest absolute Gasteiger partial charge is 0.384 e. The summed E-state index contributed by atoms with van der Waals surface area (Å²) in [7, 11) is 0. The number of carbonyl (C=O) groups excluding carboxylic acids is 1. The first-order valence-electron chi connectivity index (χ1n) is 6.65. The molecule has 21 heavy (non-hydrogen) atoms. The maximum atomic E-state index is 13.4. The van der Waals surface area contributed by atoms with Crippen molar-refractivity contribution < 1.29 is 9.18 Å². The summed E-state index contributed by atoms with van der Waals surface area (Å²) in [6.45, 7) is 0.738. The van der Waals surface area contributed by atoms with E-state index in [0.29, 0.717) is 18.5 Å². The first-order valence-corrected chi connectivity index (χ1v) is 7.44. The van der Waals surface area contributed by atoms with Crippen LogP contribution in [0, 0.1) is 5.82 Å². The highest BCUT2D eigenvalue weighted by atomic mass is 79.9. The van der Waals surface area contributed by atoms with Crippen LogP contribution in [0.3, 0.4) is 0 Å². The van der Waals surface area contributed by atoms with E-state index in [2.05, 4.69) is 26.6 Å². The minimum absolute atomic E-state index is 0.110. The zero-order valence-corrected chi connectivity index (χ0v) is 13.0. The van der Waals surface area contributed by atoms with Gasteiger partial charge in [0.05, 0.1) is 0 Å². The van der Waals surface area contributed by atoms with Crippen LogP contribution >= 0.6 is 15.9 Å². The lowest BCUT2D eigenvalue weighted by Gasteiger charge is -2.08. The molecule has 2 aromatic carbocycles. The topological polar surface area (TPSA) is 41.1 Å². The summed E-state index contributed by atoms with van der Waals surface area (Å²) in [5.74, 6) is -0.411. The Hall–Kier alpha value is -1.88. The van der Waals surface area contributed by atoms with Crippen molar-refractivity contribution in [3.63, 3.8) is 0 Å². The van der Waals surface area contributed by atoms with Crippen LogP contribution in [-0.2, 0) is 11.3 Å². The third kappa shape index (κ3) is 5.19. The Labute approximate surface area is 131 Å². The van der Waals surface area contributed by atoms with Gasteiger partial charge in [0.15, 0.2) is 0 Å². The molecule has 110 valence electrons. The highest BCUT2D eigenvalue weighted by Crippen LogP contribution is 2.15. The number of amides is 1. The molecule has 0 saturated heterocycles. The van der Waals surface area contributed by atoms with Gasteiger partial charge in [0, 0.05) is 35.2 Å². The van der Waals surface area contributed by atoms with Gasteiger partial charge in [0.1, 0.15) is 5.82 Å². The van der Waals surface area contributed by atoms with Gasteiger partial charge in [-0.2, -0.15) is 0 Å². The molecule has 0 bridgehead atoms. The number of anilines is 1. The molecule has 0 aliphatic rings. The Morgan fingerprint density at radius 2 is 1.95 bits per heavy atom. The third-order valence-corrected chi connectivity index (χ3v) is 3.43. The minimum atomic E-state index is -0.301. The smallest absolute Gasteiger partial charge is 0.222 e. The predicted octanol–water partition coefficient (Wildman–Crippen LogP) is 3.71. The summed E-state index contributed by atoms with van der Waals surface area (Å²) in [4.78, 5) is 11.7. The van der Waals surface area contributed by atoms with E-state index in [-0.39, 0.29) is 18.3 Å². The third-order valence-electron chi connectivity index (χ3n) is 2.94. The molecule has 0 radical (unpaired) electrons. The van der Waals surface area contributed by atoms with Crippen LogP contribution in [0.15, 0.2) is 53.0 Å². The van der Waals surface area contributed by atoms with Gasteiger partial charge in [-0.1, -0.05) is 40.2 Å². The van der Waals surface area contributed by atoms with Crippen molar-refractivity contribution in [3.05, 3.63) is 64.4 Å². The number of hydrogen-bond donors (Lipinski definition) is 2. The second-order valence-electron chi connectivity index (χ2n) is 4.56. The molecular weight excluding hydrogens is 335 g/mol. The molecule has 0 aromatic heterocycles. The molecule has 0 heterocycles. The average molecular weight is 351 g/mol. The fourth-order valence-corrected chi connectivity index (χ4v) is 2.24. The molecule has 0 aliphatic heterocycles. The Kier molecular flexibility index (Phi) is 5.75. The molecule has 1 amide bonds. The normalized spacial score (nSPS) is 10.2. The Morgan fingerprint density at radius 1 is 1.14 bits per heavy atom. The number of hydrogen-bond acceptors (Lipinski definition) is 2. The molecule has 0 spiro atoms. The second kappa shape index (κ2) is 7.78. The van der Waals surface area contributed by atoms with Gasteiger partial charge in [-0.3, -0.25) is 4.79 Å². The van der Waals surface area contributed by atoms with Crippen molar-refractivity contribution in [2.45, 2.75) is 13.0 Å². The molecule has 2 rings (SSSR count). The second-order valence-corrected chi connectivity index (χ2v) is 5.47. The van der Waals surface area contributed by atoms with Crippen molar-refractivity contribution >= 4 is 27.5 Å². The summed E-state index contributed by atoms with van der Waals surface area (Å²) in [6.07, 6.45) is 0.334. The molecule has 0 unspecified atom stereocenters. The quantitative estimate of drug-likeness (QED) is 0.833. The minimum Gasteiger partial charge on any atom is -0.384 e. The van der Waals surface area contributed by atoms with Crippen molar-refractivity contribution in [1.82, 2.24) is 5.32 Å². The number of nitrogens with one attached hydrogen (secondary N) is 2. The van der Waals surface area contributed by atoms with E-state index in [1.54, 1.807) is 18.2 Å². The van der Waals surface area contributed by atoms with Crippen LogP contribution in [0.2, 0.25) is 0 Å². The van der Waals surface area contributed by atoms with Crippen molar-refractivity contribution in [2.24, 2.45) is 0 Å². The van der Waals surface area contributed by atoms with Gasteiger partial charge in [0.2, 0.25) is 5.91 Å². The van der Waals surface area contributed by atoms with Gasteiger partial charge in [-0.05, 0) is 24.3 Å². The van der Waals surface area contributed by atoms with Crippen molar-refractivity contribution in [3.8, 4) is 0 Å². The van der Waals surface area contributed by atoms with E-state index in [1.807, 2.05) is 24.3 Å².